The predicted octanol–water partition coefficient (Wildman–Crippen LogP) is 11.3. The van der Waals surface area contributed by atoms with E-state index in [0.717, 1.165) is 32.3 Å². The first kappa shape index (κ1) is 35.5. The number of aromatic nitrogens is 2. The van der Waals surface area contributed by atoms with Gasteiger partial charge in [0, 0.05) is 21.8 Å². The third-order valence-corrected chi connectivity index (χ3v) is 15.1. The molecule has 5 aromatic carbocycles. The highest BCUT2D eigenvalue weighted by Crippen LogP contribution is 2.46. The van der Waals surface area contributed by atoms with Gasteiger partial charge in [-0.1, -0.05) is 153 Å². The minimum Gasteiger partial charge on any atom is -0.542 e. The van der Waals surface area contributed by atoms with Crippen molar-refractivity contribution in [2.75, 3.05) is 0 Å². The van der Waals surface area contributed by atoms with E-state index in [1.807, 2.05) is 96.6 Å². The molecule has 0 bridgehead atoms. The minimum atomic E-state index is -2.42. The van der Waals surface area contributed by atoms with Gasteiger partial charge in [-0.3, -0.25) is 0 Å². The summed E-state index contributed by atoms with van der Waals surface area (Å²) in [6.07, 6.45) is 1.20. The quantitative estimate of drug-likeness (QED) is 0.112. The Hall–Kier alpha value is -4.30. The standard InChI is InChI=1S/C43H44BrFN2O2Si/c1-7-30-27-35(39(45)38(28-30)49-50(5,6)42(2,3)4)40(48)41-46-37(34-25-17-18-26-36(34)44)29-47(41)43(31-19-11-8-12-20-31,32-21-13-9-14-22-32)33-23-15-10-16-24-33/h8-29,40,48H,7H2,1-6H3. The summed E-state index contributed by atoms with van der Waals surface area (Å²) in [5, 5.41) is 12.5. The molecule has 1 N–H and O–H groups in total. The molecule has 0 radical (unpaired) electrons. The van der Waals surface area contributed by atoms with E-state index in [4.69, 9.17) is 9.41 Å². The lowest BCUT2D eigenvalue weighted by atomic mass is 9.76. The van der Waals surface area contributed by atoms with E-state index in [1.165, 1.54) is 0 Å². The summed E-state index contributed by atoms with van der Waals surface area (Å²) in [5.41, 5.74) is 4.40. The van der Waals surface area contributed by atoms with Crippen LogP contribution in [0.4, 0.5) is 4.39 Å². The monoisotopic (exact) mass is 746 g/mol. The summed E-state index contributed by atoms with van der Waals surface area (Å²) in [6.45, 7) is 12.6. The van der Waals surface area contributed by atoms with Gasteiger partial charge in [-0.25, -0.2) is 9.37 Å². The van der Waals surface area contributed by atoms with Crippen LogP contribution in [0.15, 0.2) is 138 Å². The highest BCUT2D eigenvalue weighted by Gasteiger charge is 2.43. The van der Waals surface area contributed by atoms with E-state index in [2.05, 4.69) is 86.2 Å². The van der Waals surface area contributed by atoms with Crippen molar-refractivity contribution in [2.24, 2.45) is 0 Å². The molecule has 0 amide bonds. The van der Waals surface area contributed by atoms with Crippen molar-refractivity contribution in [1.82, 2.24) is 9.55 Å². The Morgan fingerprint density at radius 1 is 0.800 bits per heavy atom. The van der Waals surface area contributed by atoms with Gasteiger partial charge in [-0.15, -0.1) is 0 Å². The Kier molecular flexibility index (Phi) is 10.0. The maximum Gasteiger partial charge on any atom is 0.250 e. The first-order valence-electron chi connectivity index (χ1n) is 17.1. The fraction of sp³-hybridized carbons (Fsp3) is 0.233. The van der Waals surface area contributed by atoms with Crippen LogP contribution in [0.1, 0.15) is 67.4 Å². The zero-order chi connectivity index (χ0) is 35.7. The summed E-state index contributed by atoms with van der Waals surface area (Å²) < 4.78 is 26.4. The first-order chi connectivity index (χ1) is 23.9. The second kappa shape index (κ2) is 14.1. The van der Waals surface area contributed by atoms with Crippen molar-refractivity contribution >= 4 is 24.2 Å². The van der Waals surface area contributed by atoms with E-state index in [0.29, 0.717) is 17.9 Å². The molecule has 0 fully saturated rings. The topological polar surface area (TPSA) is 47.3 Å². The Bertz CT molecular complexity index is 1980. The molecular formula is C43H44BrFN2O2Si. The zero-order valence-electron chi connectivity index (χ0n) is 29.5. The van der Waals surface area contributed by atoms with Crippen LogP contribution in [0, 0.1) is 5.82 Å². The summed E-state index contributed by atoms with van der Waals surface area (Å²) in [4.78, 5) is 5.18. The number of aliphatic hydroxyl groups excluding tert-OH is 1. The van der Waals surface area contributed by atoms with Gasteiger partial charge in [0.05, 0.1) is 5.69 Å². The van der Waals surface area contributed by atoms with Crippen LogP contribution >= 0.6 is 15.9 Å². The molecule has 50 heavy (non-hydrogen) atoms. The molecule has 0 aliphatic heterocycles. The van der Waals surface area contributed by atoms with Gasteiger partial charge in [0.15, 0.2) is 5.82 Å². The molecule has 0 aliphatic rings. The van der Waals surface area contributed by atoms with Crippen LogP contribution < -0.4 is 4.43 Å². The van der Waals surface area contributed by atoms with Crippen LogP contribution in [0.2, 0.25) is 18.1 Å². The molecule has 1 aromatic heterocycles. The Morgan fingerprint density at radius 2 is 1.30 bits per heavy atom. The number of halogens is 2. The predicted molar refractivity (Wildman–Crippen MR) is 208 cm³/mol. The number of imidazole rings is 1. The molecule has 0 saturated carbocycles. The van der Waals surface area contributed by atoms with Gasteiger partial charge in [0.1, 0.15) is 23.2 Å². The molecule has 1 heterocycles. The van der Waals surface area contributed by atoms with Crippen molar-refractivity contribution < 1.29 is 13.9 Å². The Morgan fingerprint density at radius 3 is 1.78 bits per heavy atom. The van der Waals surface area contributed by atoms with Crippen molar-refractivity contribution in [2.45, 2.75) is 63.9 Å². The molecule has 7 heteroatoms. The Balaban J connectivity index is 1.69. The highest BCUT2D eigenvalue weighted by molar-refractivity contribution is 9.10. The SMILES string of the molecule is CCc1cc(O[Si](C)(C)C(C)(C)C)c(F)c(C(O)c2nc(-c3ccccc3Br)cn2C(c2ccccc2)(c2ccccc2)c2ccccc2)c1. The van der Waals surface area contributed by atoms with Crippen LogP contribution in [0.3, 0.4) is 0 Å². The van der Waals surface area contributed by atoms with Gasteiger partial charge in [0.25, 0.3) is 8.32 Å². The second-order valence-electron chi connectivity index (χ2n) is 14.3. The normalized spacial score (nSPS) is 12.9. The lowest BCUT2D eigenvalue weighted by Crippen LogP contribution is -2.44. The van der Waals surface area contributed by atoms with Gasteiger partial charge < -0.3 is 14.1 Å². The van der Waals surface area contributed by atoms with E-state index >= 15 is 4.39 Å². The molecule has 6 aromatic rings. The van der Waals surface area contributed by atoms with Crippen molar-refractivity contribution in [3.8, 4) is 17.0 Å². The minimum absolute atomic E-state index is 0.131. The summed E-state index contributed by atoms with van der Waals surface area (Å²) >= 11 is 3.73. The van der Waals surface area contributed by atoms with E-state index in [9.17, 15) is 5.11 Å². The largest absolute Gasteiger partial charge is 0.542 e. The molecule has 256 valence electrons. The lowest BCUT2D eigenvalue weighted by Gasteiger charge is -2.39. The fourth-order valence-corrected chi connectivity index (χ4v) is 7.83. The lowest BCUT2D eigenvalue weighted by molar-refractivity contribution is 0.194. The average molecular weight is 748 g/mol. The third-order valence-electron chi connectivity index (χ3n) is 10.1. The summed E-state index contributed by atoms with van der Waals surface area (Å²) in [6, 6.07) is 42.1. The van der Waals surface area contributed by atoms with Gasteiger partial charge in [-0.2, -0.15) is 0 Å². The van der Waals surface area contributed by atoms with Crippen molar-refractivity contribution in [1.29, 1.82) is 0 Å². The molecule has 0 aliphatic carbocycles. The fourth-order valence-electron chi connectivity index (χ4n) is 6.33. The van der Waals surface area contributed by atoms with Crippen LogP contribution in [-0.4, -0.2) is 23.0 Å². The van der Waals surface area contributed by atoms with E-state index < -0.39 is 25.8 Å². The van der Waals surface area contributed by atoms with Gasteiger partial charge in [-0.05, 0) is 65.0 Å². The third kappa shape index (κ3) is 6.50. The molecule has 0 saturated heterocycles. The molecule has 1 unspecified atom stereocenters. The average Bonchev–Trinajstić information content (AvgIpc) is 3.55. The number of rotatable bonds is 10. The molecule has 0 spiro atoms. The maximum atomic E-state index is 16.9. The van der Waals surface area contributed by atoms with Crippen LogP contribution in [0.25, 0.3) is 11.3 Å². The smallest absolute Gasteiger partial charge is 0.250 e. The summed E-state index contributed by atoms with van der Waals surface area (Å²) in [7, 11) is -2.42. The number of hydrogen-bond acceptors (Lipinski definition) is 3. The van der Waals surface area contributed by atoms with E-state index in [1.54, 1.807) is 12.1 Å². The number of aliphatic hydroxyl groups is 1. The molecule has 1 atom stereocenters. The van der Waals surface area contributed by atoms with Crippen LogP contribution in [-0.2, 0) is 12.0 Å². The second-order valence-corrected chi connectivity index (χ2v) is 19.8. The first-order valence-corrected chi connectivity index (χ1v) is 20.8. The number of benzene rings is 5. The summed E-state index contributed by atoms with van der Waals surface area (Å²) in [5.74, 6) is -0.0893. The number of aryl methyl sites for hydroxylation is 1. The van der Waals surface area contributed by atoms with Crippen LogP contribution in [0.5, 0.6) is 5.75 Å². The number of hydrogen-bond donors (Lipinski definition) is 1. The zero-order valence-corrected chi connectivity index (χ0v) is 32.1. The molecular weight excluding hydrogens is 703 g/mol. The number of nitrogens with zero attached hydrogens (tertiary/aromatic N) is 2. The van der Waals surface area contributed by atoms with Crippen molar-refractivity contribution in [3.63, 3.8) is 0 Å². The molecule has 4 nitrogen and oxygen atoms in total. The van der Waals surface area contributed by atoms with Crippen molar-refractivity contribution in [3.05, 3.63) is 178 Å². The van der Waals surface area contributed by atoms with E-state index in [-0.39, 0.29) is 16.4 Å². The Labute approximate surface area is 304 Å². The molecule has 6 rings (SSSR count). The maximum absolute atomic E-state index is 16.9. The van der Waals surface area contributed by atoms with Gasteiger partial charge >= 0.3 is 0 Å². The highest BCUT2D eigenvalue weighted by atomic mass is 79.9. The van der Waals surface area contributed by atoms with Gasteiger partial charge in [0.2, 0.25) is 0 Å².